The summed E-state index contributed by atoms with van der Waals surface area (Å²) in [6, 6.07) is 0. The van der Waals surface area contributed by atoms with Crippen LogP contribution in [-0.4, -0.2) is 40.5 Å². The molecule has 2 unspecified atom stereocenters. The highest BCUT2D eigenvalue weighted by molar-refractivity contribution is 7.45. The maximum atomic E-state index is 8.88. The molecule has 0 aromatic rings. The lowest BCUT2D eigenvalue weighted by Crippen LogP contribution is -2.23. The molecule has 18 heavy (non-hydrogen) atoms. The van der Waals surface area contributed by atoms with E-state index in [1.54, 1.807) is 12.2 Å². The van der Waals surface area contributed by atoms with Crippen LogP contribution >= 0.6 is 7.82 Å². The molecule has 0 spiro atoms. The molecule has 2 atom stereocenters. The lowest BCUT2D eigenvalue weighted by molar-refractivity contribution is -0.204. The molecule has 0 aliphatic carbocycles. The maximum absolute atomic E-state index is 8.88. The summed E-state index contributed by atoms with van der Waals surface area (Å²) in [5.74, 6) is 0. The average Bonchev–Trinajstić information content (AvgIpc) is 2.25. The van der Waals surface area contributed by atoms with Crippen molar-refractivity contribution >= 4 is 7.82 Å². The molecular formula is C10H21O7P. The highest BCUT2D eigenvalue weighted by atomic mass is 31.2. The topological polar surface area (TPSA) is 105 Å². The quantitative estimate of drug-likeness (QED) is 0.349. The van der Waals surface area contributed by atoms with E-state index in [0.29, 0.717) is 13.2 Å². The first kappa shape index (κ1) is 19.8. The number of ether oxygens (including phenoxy) is 3. The second-order valence-electron chi connectivity index (χ2n) is 2.77. The minimum atomic E-state index is -4.64. The van der Waals surface area contributed by atoms with Crippen LogP contribution in [0.5, 0.6) is 0 Å². The third kappa shape index (κ3) is 17.9. The lowest BCUT2D eigenvalue weighted by atomic mass is 10.5. The van der Waals surface area contributed by atoms with Gasteiger partial charge in [-0.25, -0.2) is 4.57 Å². The van der Waals surface area contributed by atoms with Crippen molar-refractivity contribution in [1.82, 2.24) is 0 Å². The molecular weight excluding hydrogens is 263 g/mol. The van der Waals surface area contributed by atoms with E-state index in [-0.39, 0.29) is 0 Å². The maximum Gasteiger partial charge on any atom is 0.466 e. The molecule has 0 fully saturated rings. The molecule has 0 saturated heterocycles. The number of rotatable bonds is 8. The summed E-state index contributed by atoms with van der Waals surface area (Å²) in [5, 5.41) is 0. The zero-order valence-corrected chi connectivity index (χ0v) is 11.5. The van der Waals surface area contributed by atoms with Gasteiger partial charge in [0.2, 0.25) is 0 Å². The Hall–Kier alpha value is -0.530. The van der Waals surface area contributed by atoms with Crippen LogP contribution < -0.4 is 0 Å². The van der Waals surface area contributed by atoms with Crippen LogP contribution in [0, 0.1) is 0 Å². The molecule has 0 aromatic carbocycles. The summed E-state index contributed by atoms with van der Waals surface area (Å²) < 4.78 is 24.6. The van der Waals surface area contributed by atoms with Gasteiger partial charge in [-0.05, 0) is 26.0 Å². The summed E-state index contributed by atoms with van der Waals surface area (Å²) in [6.45, 7) is 12.1. The zero-order valence-electron chi connectivity index (χ0n) is 10.6. The zero-order chi connectivity index (χ0) is 14.6. The largest absolute Gasteiger partial charge is 0.466 e. The van der Waals surface area contributed by atoms with Crippen LogP contribution in [0.25, 0.3) is 0 Å². The Morgan fingerprint density at radius 3 is 1.50 bits per heavy atom. The molecule has 0 aliphatic heterocycles. The number of hydrogen-bond donors (Lipinski definition) is 3. The van der Waals surface area contributed by atoms with Gasteiger partial charge in [-0.15, -0.1) is 0 Å². The highest BCUT2D eigenvalue weighted by Crippen LogP contribution is 2.25. The van der Waals surface area contributed by atoms with E-state index in [2.05, 4.69) is 13.2 Å². The monoisotopic (exact) mass is 284 g/mol. The van der Waals surface area contributed by atoms with Crippen LogP contribution in [0.15, 0.2) is 25.3 Å². The van der Waals surface area contributed by atoms with Crippen molar-refractivity contribution < 1.29 is 33.5 Å². The number of hydrogen-bond acceptors (Lipinski definition) is 4. The highest BCUT2D eigenvalue weighted by Gasteiger charge is 2.10. The normalized spacial score (nSPS) is 14.1. The molecule has 3 N–H and O–H groups in total. The summed E-state index contributed by atoms with van der Waals surface area (Å²) in [5.41, 5.74) is 0. The van der Waals surface area contributed by atoms with Gasteiger partial charge in [0.25, 0.3) is 0 Å². The molecule has 8 heteroatoms. The SMILES string of the molecule is C=CC(OCC)OC(C=C)OCC.O=P(O)(O)O. The van der Waals surface area contributed by atoms with E-state index in [4.69, 9.17) is 33.5 Å². The van der Waals surface area contributed by atoms with Gasteiger partial charge in [-0.2, -0.15) is 0 Å². The van der Waals surface area contributed by atoms with Gasteiger partial charge in [0, 0.05) is 13.2 Å². The molecule has 7 nitrogen and oxygen atoms in total. The van der Waals surface area contributed by atoms with Crippen molar-refractivity contribution in [3.05, 3.63) is 25.3 Å². The van der Waals surface area contributed by atoms with Crippen molar-refractivity contribution in [2.75, 3.05) is 13.2 Å². The Labute approximate surface area is 107 Å². The second kappa shape index (κ2) is 11.6. The minimum Gasteiger partial charge on any atom is -0.349 e. The summed E-state index contributed by atoms with van der Waals surface area (Å²) in [6.07, 6.45) is 2.30. The van der Waals surface area contributed by atoms with Crippen LogP contribution in [0.1, 0.15) is 13.8 Å². The predicted octanol–water partition coefficient (Wildman–Crippen LogP) is 1.17. The lowest BCUT2D eigenvalue weighted by Gasteiger charge is -2.19. The minimum absolute atomic E-state index is 0.431. The van der Waals surface area contributed by atoms with Crippen molar-refractivity contribution in [2.45, 2.75) is 26.4 Å². The molecule has 0 radical (unpaired) electrons. The molecule has 0 heterocycles. The van der Waals surface area contributed by atoms with E-state index in [1.807, 2.05) is 13.8 Å². The Morgan fingerprint density at radius 1 is 1.06 bits per heavy atom. The van der Waals surface area contributed by atoms with Crippen molar-refractivity contribution in [3.63, 3.8) is 0 Å². The standard InChI is InChI=1S/C10H18O3.H3O4P/c1-5-9(11-7-3)13-10(6-2)12-8-4;1-5(2,3)4/h5-6,9-10H,1-2,7-8H2,3-4H3;(H3,1,2,3,4). The van der Waals surface area contributed by atoms with E-state index >= 15 is 0 Å². The van der Waals surface area contributed by atoms with Crippen LogP contribution in [-0.2, 0) is 18.8 Å². The van der Waals surface area contributed by atoms with Crippen molar-refractivity contribution in [1.29, 1.82) is 0 Å². The fourth-order valence-corrected chi connectivity index (χ4v) is 0.786. The second-order valence-corrected chi connectivity index (χ2v) is 3.79. The van der Waals surface area contributed by atoms with E-state index in [0.717, 1.165) is 0 Å². The Morgan fingerprint density at radius 2 is 1.33 bits per heavy atom. The molecule has 0 saturated carbocycles. The smallest absolute Gasteiger partial charge is 0.349 e. The Kier molecular flexibility index (Phi) is 12.7. The molecule has 0 rings (SSSR count). The van der Waals surface area contributed by atoms with Gasteiger partial charge in [0.05, 0.1) is 0 Å². The molecule has 0 amide bonds. The first-order valence-corrected chi connectivity index (χ1v) is 6.77. The van der Waals surface area contributed by atoms with Gasteiger partial charge in [-0.3, -0.25) is 0 Å². The first-order chi connectivity index (χ1) is 8.28. The summed E-state index contributed by atoms with van der Waals surface area (Å²) >= 11 is 0. The van der Waals surface area contributed by atoms with Gasteiger partial charge in [-0.1, -0.05) is 13.2 Å². The van der Waals surface area contributed by atoms with E-state index in [9.17, 15) is 0 Å². The van der Waals surface area contributed by atoms with E-state index in [1.165, 1.54) is 0 Å². The molecule has 0 aromatic heterocycles. The fourth-order valence-electron chi connectivity index (χ4n) is 0.786. The molecule has 0 aliphatic rings. The van der Waals surface area contributed by atoms with E-state index < -0.39 is 20.4 Å². The number of phosphoric acid groups is 1. The molecule has 0 bridgehead atoms. The van der Waals surface area contributed by atoms with Gasteiger partial charge in [0.15, 0.2) is 12.6 Å². The molecule has 108 valence electrons. The average molecular weight is 284 g/mol. The Balaban J connectivity index is 0. The van der Waals surface area contributed by atoms with Crippen LogP contribution in [0.4, 0.5) is 0 Å². The van der Waals surface area contributed by atoms with Crippen LogP contribution in [0.3, 0.4) is 0 Å². The predicted molar refractivity (Wildman–Crippen MR) is 66.6 cm³/mol. The van der Waals surface area contributed by atoms with Gasteiger partial charge in [0.1, 0.15) is 0 Å². The summed E-state index contributed by atoms with van der Waals surface area (Å²) in [4.78, 5) is 21.6. The van der Waals surface area contributed by atoms with Crippen LogP contribution in [0.2, 0.25) is 0 Å². The van der Waals surface area contributed by atoms with Gasteiger partial charge < -0.3 is 28.9 Å². The summed E-state index contributed by atoms with van der Waals surface area (Å²) in [7, 11) is -4.64. The first-order valence-electron chi connectivity index (χ1n) is 5.20. The van der Waals surface area contributed by atoms with Crippen molar-refractivity contribution in [2.24, 2.45) is 0 Å². The third-order valence-electron chi connectivity index (χ3n) is 1.32. The fraction of sp³-hybridized carbons (Fsp3) is 0.600. The Bertz CT molecular complexity index is 239. The van der Waals surface area contributed by atoms with Gasteiger partial charge >= 0.3 is 7.82 Å². The third-order valence-corrected chi connectivity index (χ3v) is 1.32. The van der Waals surface area contributed by atoms with Crippen molar-refractivity contribution in [3.8, 4) is 0 Å².